The quantitative estimate of drug-likeness (QED) is 0.246. The predicted molar refractivity (Wildman–Crippen MR) is 108 cm³/mol. The summed E-state index contributed by atoms with van der Waals surface area (Å²) in [7, 11) is -4.54. The van der Waals surface area contributed by atoms with Crippen molar-refractivity contribution < 1.29 is 32.8 Å². The Bertz CT molecular complexity index is 1170. The van der Waals surface area contributed by atoms with Crippen LogP contribution in [0.3, 0.4) is 0 Å². The summed E-state index contributed by atoms with van der Waals surface area (Å²) >= 11 is 0. The molecule has 9 nitrogen and oxygen atoms in total. The van der Waals surface area contributed by atoms with Gasteiger partial charge in [-0.3, -0.25) is 14.1 Å². The summed E-state index contributed by atoms with van der Waals surface area (Å²) in [6.45, 7) is 1.08. The number of hydrogen-bond donors (Lipinski definition) is 5. The number of carboxylic acid groups (broad SMARTS) is 1. The van der Waals surface area contributed by atoms with Gasteiger partial charge in [0.05, 0.1) is 5.69 Å². The fraction of sp³-hybridized carbons (Fsp3) is 0.0526. The summed E-state index contributed by atoms with van der Waals surface area (Å²) in [5.41, 5.74) is 6.45. The number of fused-ring (bicyclic) bond motifs is 1. The molecule has 6 N–H and O–H groups in total. The Kier molecular flexibility index (Phi) is 6.42. The molecule has 0 atom stereocenters. The van der Waals surface area contributed by atoms with Gasteiger partial charge in [0.15, 0.2) is 0 Å². The van der Waals surface area contributed by atoms with Crippen LogP contribution >= 0.6 is 0 Å². The smallest absolute Gasteiger partial charge is 0.300 e. The normalized spacial score (nSPS) is 10.7. The number of benzene rings is 3. The molecule has 0 saturated heterocycles. The van der Waals surface area contributed by atoms with Gasteiger partial charge < -0.3 is 21.3 Å². The lowest BCUT2D eigenvalue weighted by molar-refractivity contribution is -0.134. The van der Waals surface area contributed by atoms with Crippen LogP contribution in [0.1, 0.15) is 17.3 Å². The molecule has 0 saturated carbocycles. The lowest BCUT2D eigenvalue weighted by Gasteiger charge is -2.13. The standard InChI is InChI=1S/C17H14N2O5S.C2H4O2/c18-11-7-5-10(6-8-11)17(21)19-16-13-4-2-1-3-12(13)15(9-14(16)20)25(22,23)24;1-2(3)4/h1-9,20H,18H2,(H,19,21)(H,22,23,24);1H3,(H,3,4). The molecule has 0 radical (unpaired) electrons. The number of anilines is 2. The van der Waals surface area contributed by atoms with Gasteiger partial charge in [0.2, 0.25) is 0 Å². The summed E-state index contributed by atoms with van der Waals surface area (Å²) in [6.07, 6.45) is 0. The fourth-order valence-electron chi connectivity index (χ4n) is 2.49. The van der Waals surface area contributed by atoms with Crippen molar-refractivity contribution in [3.05, 3.63) is 60.2 Å². The van der Waals surface area contributed by atoms with Crippen LogP contribution in [0.25, 0.3) is 10.8 Å². The van der Waals surface area contributed by atoms with E-state index in [0.717, 1.165) is 13.0 Å². The first kappa shape index (κ1) is 21.7. The van der Waals surface area contributed by atoms with Crippen molar-refractivity contribution in [3.8, 4) is 5.75 Å². The lowest BCUT2D eigenvalue weighted by atomic mass is 10.1. The first-order chi connectivity index (χ1) is 13.5. The maximum absolute atomic E-state index is 12.4. The number of nitrogen functional groups attached to an aromatic ring is 1. The second kappa shape index (κ2) is 8.59. The van der Waals surface area contributed by atoms with Gasteiger partial charge in [0.25, 0.3) is 22.0 Å². The van der Waals surface area contributed by atoms with Crippen molar-refractivity contribution in [3.63, 3.8) is 0 Å². The highest BCUT2D eigenvalue weighted by Gasteiger charge is 2.20. The van der Waals surface area contributed by atoms with Crippen molar-refractivity contribution in [1.82, 2.24) is 0 Å². The Balaban J connectivity index is 0.000000687. The molecule has 0 bridgehead atoms. The van der Waals surface area contributed by atoms with E-state index < -0.39 is 32.6 Å². The number of aliphatic carboxylic acids is 1. The van der Waals surface area contributed by atoms with Gasteiger partial charge in [-0.25, -0.2) is 0 Å². The zero-order chi connectivity index (χ0) is 21.8. The van der Waals surface area contributed by atoms with E-state index in [2.05, 4.69) is 5.32 Å². The third kappa shape index (κ3) is 5.43. The second-order valence-corrected chi connectivity index (χ2v) is 7.27. The fourth-order valence-corrected chi connectivity index (χ4v) is 3.21. The molecule has 3 rings (SSSR count). The number of aromatic hydroxyl groups is 1. The SMILES string of the molecule is CC(=O)O.Nc1ccc(C(=O)Nc2c(O)cc(S(=O)(=O)O)c3ccccc23)cc1. The average Bonchev–Trinajstić information content (AvgIpc) is 2.63. The van der Waals surface area contributed by atoms with Gasteiger partial charge in [-0.2, -0.15) is 8.42 Å². The number of nitrogens with one attached hydrogen (secondary N) is 1. The molecule has 152 valence electrons. The summed E-state index contributed by atoms with van der Waals surface area (Å²) in [6, 6.07) is 13.3. The Labute approximate surface area is 166 Å². The summed E-state index contributed by atoms with van der Waals surface area (Å²) in [5.74, 6) is -1.81. The van der Waals surface area contributed by atoms with E-state index in [0.29, 0.717) is 11.3 Å². The zero-order valence-electron chi connectivity index (χ0n) is 15.2. The van der Waals surface area contributed by atoms with Gasteiger partial charge >= 0.3 is 0 Å². The summed E-state index contributed by atoms with van der Waals surface area (Å²) in [5, 5.41) is 20.6. The van der Waals surface area contributed by atoms with Gasteiger partial charge in [0.1, 0.15) is 10.6 Å². The number of rotatable bonds is 3. The average molecular weight is 418 g/mol. The Morgan fingerprint density at radius 1 is 1.00 bits per heavy atom. The van der Waals surface area contributed by atoms with Crippen LogP contribution in [-0.2, 0) is 14.9 Å². The molecular weight excluding hydrogens is 400 g/mol. The Morgan fingerprint density at radius 2 is 1.52 bits per heavy atom. The number of nitrogens with two attached hydrogens (primary N) is 1. The van der Waals surface area contributed by atoms with Crippen LogP contribution in [0.2, 0.25) is 0 Å². The van der Waals surface area contributed by atoms with E-state index in [1.807, 2.05) is 0 Å². The summed E-state index contributed by atoms with van der Waals surface area (Å²) < 4.78 is 32.4. The first-order valence-corrected chi connectivity index (χ1v) is 9.53. The number of carboxylic acids is 1. The van der Waals surface area contributed by atoms with Gasteiger partial charge in [-0.15, -0.1) is 0 Å². The Morgan fingerprint density at radius 3 is 2.03 bits per heavy atom. The van der Waals surface area contributed by atoms with E-state index in [1.54, 1.807) is 24.3 Å². The monoisotopic (exact) mass is 418 g/mol. The highest BCUT2D eigenvalue weighted by Crippen LogP contribution is 2.37. The first-order valence-electron chi connectivity index (χ1n) is 8.09. The molecule has 3 aromatic carbocycles. The van der Waals surface area contributed by atoms with Crippen LogP contribution in [0, 0.1) is 0 Å². The van der Waals surface area contributed by atoms with E-state index in [1.165, 1.54) is 24.3 Å². The van der Waals surface area contributed by atoms with Crippen LogP contribution in [0.4, 0.5) is 11.4 Å². The van der Waals surface area contributed by atoms with Crippen molar-refractivity contribution in [2.45, 2.75) is 11.8 Å². The largest absolute Gasteiger partial charge is 0.506 e. The maximum Gasteiger partial charge on any atom is 0.300 e. The van der Waals surface area contributed by atoms with Crippen molar-refractivity contribution in [2.75, 3.05) is 11.1 Å². The van der Waals surface area contributed by atoms with Crippen LogP contribution in [0.15, 0.2) is 59.5 Å². The molecule has 29 heavy (non-hydrogen) atoms. The number of phenols is 1. The molecule has 0 heterocycles. The Hall–Kier alpha value is -3.63. The molecule has 0 spiro atoms. The van der Waals surface area contributed by atoms with Crippen LogP contribution in [-0.4, -0.2) is 35.1 Å². The molecule has 0 aromatic heterocycles. The molecule has 0 unspecified atom stereocenters. The number of carbonyl (C=O) groups is 2. The number of hydrogen-bond acceptors (Lipinski definition) is 6. The minimum Gasteiger partial charge on any atom is -0.506 e. The van der Waals surface area contributed by atoms with Crippen molar-refractivity contribution in [1.29, 1.82) is 0 Å². The molecule has 0 aliphatic rings. The number of carbonyl (C=O) groups excluding carboxylic acids is 1. The number of phenolic OH excluding ortho intramolecular Hbond substituents is 1. The highest BCUT2D eigenvalue weighted by atomic mass is 32.2. The lowest BCUT2D eigenvalue weighted by Crippen LogP contribution is -2.13. The topological polar surface area (TPSA) is 167 Å². The van der Waals surface area contributed by atoms with E-state index in [4.69, 9.17) is 15.6 Å². The van der Waals surface area contributed by atoms with E-state index in [-0.39, 0.29) is 16.5 Å². The molecule has 0 aliphatic carbocycles. The highest BCUT2D eigenvalue weighted by molar-refractivity contribution is 7.86. The van der Waals surface area contributed by atoms with E-state index in [9.17, 15) is 22.9 Å². The van der Waals surface area contributed by atoms with E-state index >= 15 is 0 Å². The third-order valence-electron chi connectivity index (χ3n) is 3.68. The van der Waals surface area contributed by atoms with Crippen LogP contribution in [0.5, 0.6) is 5.75 Å². The predicted octanol–water partition coefficient (Wildman–Crippen LogP) is 2.72. The number of amides is 1. The molecule has 10 heteroatoms. The molecular formula is C19H18N2O7S. The minimum absolute atomic E-state index is 0.0461. The molecule has 1 amide bonds. The van der Waals surface area contributed by atoms with Crippen molar-refractivity contribution in [2.24, 2.45) is 0 Å². The molecule has 3 aromatic rings. The molecule has 0 fully saturated rings. The van der Waals surface area contributed by atoms with Gasteiger partial charge in [0, 0.05) is 35.0 Å². The minimum atomic E-state index is -4.54. The van der Waals surface area contributed by atoms with Crippen molar-refractivity contribution >= 4 is 44.1 Å². The second-order valence-electron chi connectivity index (χ2n) is 5.88. The zero-order valence-corrected chi connectivity index (χ0v) is 16.0. The van der Waals surface area contributed by atoms with Gasteiger partial charge in [-0.1, -0.05) is 24.3 Å². The maximum atomic E-state index is 12.4. The summed E-state index contributed by atoms with van der Waals surface area (Å²) in [4.78, 5) is 20.9. The van der Waals surface area contributed by atoms with Gasteiger partial charge in [-0.05, 0) is 24.3 Å². The van der Waals surface area contributed by atoms with Crippen LogP contribution < -0.4 is 11.1 Å². The molecule has 0 aliphatic heterocycles. The third-order valence-corrected chi connectivity index (χ3v) is 4.57.